The molecule has 0 aliphatic carbocycles. The Hall–Kier alpha value is -3.27. The average molecular weight is 487 g/mol. The standard InChI is InChI=1S/C23H20ClFN4O3S/c1-14(13-33(26,31)32)27-23(30)15-6-11-19-21(12-15)29(17-9-7-16(25)8-10-17)28-22(19)18-4-2-3-5-20(18)24/h2-12,14H,13H2,1H3,(H,27,30)(H2,26,31,32)/t14-/m1/s1. The fourth-order valence-electron chi connectivity index (χ4n) is 3.58. The van der Waals surface area contributed by atoms with Gasteiger partial charge in [-0.1, -0.05) is 29.8 Å². The van der Waals surface area contributed by atoms with E-state index in [2.05, 4.69) is 5.32 Å². The Morgan fingerprint density at radius 2 is 1.85 bits per heavy atom. The molecular formula is C23H20ClFN4O3S. The quantitative estimate of drug-likeness (QED) is 0.431. The number of sulfonamides is 1. The SMILES string of the molecule is C[C@H](CS(N)(=O)=O)NC(=O)c1ccc2c(-c3ccccc3Cl)nn(-c3ccc(F)cc3)c2c1. The highest BCUT2D eigenvalue weighted by molar-refractivity contribution is 7.89. The Bertz CT molecular complexity index is 1450. The van der Waals surface area contributed by atoms with Crippen LogP contribution in [-0.2, 0) is 10.0 Å². The van der Waals surface area contributed by atoms with Gasteiger partial charge >= 0.3 is 0 Å². The Morgan fingerprint density at radius 1 is 1.15 bits per heavy atom. The number of carbonyl (C=O) groups excluding carboxylic acids is 1. The van der Waals surface area contributed by atoms with E-state index in [1.807, 2.05) is 18.2 Å². The highest BCUT2D eigenvalue weighted by Gasteiger charge is 2.19. The summed E-state index contributed by atoms with van der Waals surface area (Å²) in [4.78, 5) is 12.8. The molecule has 4 aromatic rings. The van der Waals surface area contributed by atoms with Crippen molar-refractivity contribution in [3.63, 3.8) is 0 Å². The van der Waals surface area contributed by atoms with Crippen LogP contribution >= 0.6 is 11.6 Å². The fraction of sp³-hybridized carbons (Fsp3) is 0.130. The number of carbonyl (C=O) groups is 1. The van der Waals surface area contributed by atoms with Crippen molar-refractivity contribution in [3.05, 3.63) is 83.1 Å². The molecule has 0 unspecified atom stereocenters. The third-order valence-electron chi connectivity index (χ3n) is 5.00. The van der Waals surface area contributed by atoms with Crippen LogP contribution in [0.4, 0.5) is 4.39 Å². The van der Waals surface area contributed by atoms with E-state index >= 15 is 0 Å². The van der Waals surface area contributed by atoms with E-state index in [1.165, 1.54) is 12.1 Å². The van der Waals surface area contributed by atoms with Crippen LogP contribution in [0.15, 0.2) is 66.7 Å². The molecule has 1 aromatic heterocycles. The molecule has 0 aliphatic rings. The summed E-state index contributed by atoms with van der Waals surface area (Å²) in [6, 6.07) is 17.4. The van der Waals surface area contributed by atoms with Crippen LogP contribution < -0.4 is 10.5 Å². The fourth-order valence-corrected chi connectivity index (χ4v) is 4.59. The molecule has 0 saturated carbocycles. The van der Waals surface area contributed by atoms with E-state index in [-0.39, 0.29) is 11.6 Å². The smallest absolute Gasteiger partial charge is 0.251 e. The van der Waals surface area contributed by atoms with Crippen LogP contribution in [-0.4, -0.2) is 35.9 Å². The first-order valence-corrected chi connectivity index (χ1v) is 12.1. The number of aromatic nitrogens is 2. The van der Waals surface area contributed by atoms with Crippen LogP contribution in [0.3, 0.4) is 0 Å². The number of nitrogens with two attached hydrogens (primary N) is 1. The van der Waals surface area contributed by atoms with E-state index in [1.54, 1.807) is 48.0 Å². The number of hydrogen-bond donors (Lipinski definition) is 2. The maximum atomic E-state index is 13.5. The third kappa shape index (κ3) is 5.05. The zero-order valence-electron chi connectivity index (χ0n) is 17.5. The summed E-state index contributed by atoms with van der Waals surface area (Å²) in [6.07, 6.45) is 0. The first-order chi connectivity index (χ1) is 15.6. The summed E-state index contributed by atoms with van der Waals surface area (Å²) in [6.45, 7) is 1.55. The van der Waals surface area contributed by atoms with Crippen LogP contribution in [0.5, 0.6) is 0 Å². The number of hydrogen-bond acceptors (Lipinski definition) is 4. The van der Waals surface area contributed by atoms with Crippen molar-refractivity contribution in [2.45, 2.75) is 13.0 Å². The van der Waals surface area contributed by atoms with Crippen LogP contribution in [0.1, 0.15) is 17.3 Å². The first kappa shape index (κ1) is 22.9. The monoisotopic (exact) mass is 486 g/mol. The molecule has 0 bridgehead atoms. The molecule has 1 heterocycles. The molecule has 10 heteroatoms. The molecule has 0 spiro atoms. The summed E-state index contributed by atoms with van der Waals surface area (Å²) in [5.74, 6) is -1.23. The van der Waals surface area contributed by atoms with Crippen molar-refractivity contribution in [2.75, 3.05) is 5.75 Å². The van der Waals surface area contributed by atoms with Gasteiger partial charge in [-0.25, -0.2) is 22.6 Å². The second kappa shape index (κ2) is 8.93. The molecule has 0 saturated heterocycles. The molecule has 170 valence electrons. The molecular weight excluding hydrogens is 467 g/mol. The minimum Gasteiger partial charge on any atom is -0.349 e. The number of halogens is 2. The average Bonchev–Trinajstić information content (AvgIpc) is 3.12. The van der Waals surface area contributed by atoms with Crippen LogP contribution in [0.25, 0.3) is 27.8 Å². The second-order valence-corrected chi connectivity index (χ2v) is 9.72. The highest BCUT2D eigenvalue weighted by atomic mass is 35.5. The van der Waals surface area contributed by atoms with Crippen LogP contribution in [0.2, 0.25) is 5.02 Å². The minimum absolute atomic E-state index is 0.303. The lowest BCUT2D eigenvalue weighted by Gasteiger charge is -2.13. The van der Waals surface area contributed by atoms with Gasteiger partial charge in [0.15, 0.2) is 0 Å². The van der Waals surface area contributed by atoms with E-state index in [9.17, 15) is 17.6 Å². The minimum atomic E-state index is -3.74. The Balaban J connectivity index is 1.82. The van der Waals surface area contributed by atoms with Crippen molar-refractivity contribution in [1.82, 2.24) is 15.1 Å². The maximum Gasteiger partial charge on any atom is 0.251 e. The van der Waals surface area contributed by atoms with Crippen molar-refractivity contribution in [3.8, 4) is 16.9 Å². The molecule has 4 rings (SSSR count). The molecule has 0 aliphatic heterocycles. The van der Waals surface area contributed by atoms with Crippen molar-refractivity contribution < 1.29 is 17.6 Å². The summed E-state index contributed by atoms with van der Waals surface area (Å²) >= 11 is 6.40. The van der Waals surface area contributed by atoms with E-state index < -0.39 is 22.0 Å². The molecule has 0 radical (unpaired) electrons. The number of nitrogens with one attached hydrogen (secondary N) is 1. The molecule has 3 N–H and O–H groups in total. The van der Waals surface area contributed by atoms with Gasteiger partial charge in [0.1, 0.15) is 11.5 Å². The van der Waals surface area contributed by atoms with Gasteiger partial charge in [0.25, 0.3) is 5.91 Å². The topological polar surface area (TPSA) is 107 Å². The number of amides is 1. The lowest BCUT2D eigenvalue weighted by Crippen LogP contribution is -2.39. The number of primary sulfonamides is 1. The van der Waals surface area contributed by atoms with Gasteiger partial charge in [-0.05, 0) is 55.5 Å². The van der Waals surface area contributed by atoms with Crippen molar-refractivity contribution >= 4 is 38.4 Å². The predicted molar refractivity (Wildman–Crippen MR) is 126 cm³/mol. The largest absolute Gasteiger partial charge is 0.349 e. The van der Waals surface area contributed by atoms with Gasteiger partial charge in [-0.3, -0.25) is 4.79 Å². The molecule has 3 aromatic carbocycles. The second-order valence-electron chi connectivity index (χ2n) is 7.65. The Labute approximate surface area is 195 Å². The van der Waals surface area contributed by atoms with E-state index in [4.69, 9.17) is 21.8 Å². The highest BCUT2D eigenvalue weighted by Crippen LogP contribution is 2.34. The van der Waals surface area contributed by atoms with Gasteiger partial charge < -0.3 is 5.32 Å². The van der Waals surface area contributed by atoms with Gasteiger partial charge in [-0.15, -0.1) is 0 Å². The summed E-state index contributed by atoms with van der Waals surface area (Å²) in [5.41, 5.74) is 2.82. The number of benzene rings is 3. The Morgan fingerprint density at radius 3 is 2.52 bits per heavy atom. The summed E-state index contributed by atoms with van der Waals surface area (Å²) < 4.78 is 37.7. The molecule has 7 nitrogen and oxygen atoms in total. The van der Waals surface area contributed by atoms with Gasteiger partial charge in [0.2, 0.25) is 10.0 Å². The number of nitrogens with zero attached hydrogens (tertiary/aromatic N) is 2. The molecule has 33 heavy (non-hydrogen) atoms. The van der Waals surface area contributed by atoms with Gasteiger partial charge in [0, 0.05) is 22.6 Å². The van der Waals surface area contributed by atoms with E-state index in [0.29, 0.717) is 33.0 Å². The predicted octanol–water partition coefficient (Wildman–Crippen LogP) is 3.89. The van der Waals surface area contributed by atoms with Gasteiger partial charge in [-0.2, -0.15) is 5.10 Å². The summed E-state index contributed by atoms with van der Waals surface area (Å²) in [7, 11) is -3.74. The lowest BCUT2D eigenvalue weighted by atomic mass is 10.1. The Kier molecular flexibility index (Phi) is 6.20. The maximum absolute atomic E-state index is 13.5. The lowest BCUT2D eigenvalue weighted by molar-refractivity contribution is 0.0943. The van der Waals surface area contributed by atoms with Crippen molar-refractivity contribution in [2.24, 2.45) is 5.14 Å². The zero-order valence-corrected chi connectivity index (χ0v) is 19.1. The third-order valence-corrected chi connectivity index (χ3v) is 6.30. The molecule has 1 amide bonds. The number of fused-ring (bicyclic) bond motifs is 1. The van der Waals surface area contributed by atoms with E-state index in [0.717, 1.165) is 5.39 Å². The normalized spacial score (nSPS) is 12.6. The number of rotatable bonds is 6. The first-order valence-electron chi connectivity index (χ1n) is 9.97. The zero-order chi connectivity index (χ0) is 23.8. The molecule has 0 fully saturated rings. The summed E-state index contributed by atoms with van der Waals surface area (Å²) in [5, 5.41) is 13.7. The molecule has 1 atom stereocenters. The van der Waals surface area contributed by atoms with Crippen molar-refractivity contribution in [1.29, 1.82) is 0 Å². The van der Waals surface area contributed by atoms with Crippen LogP contribution in [0, 0.1) is 5.82 Å². The van der Waals surface area contributed by atoms with Gasteiger partial charge in [0.05, 0.1) is 22.0 Å².